The molecule has 1 amide bonds. The summed E-state index contributed by atoms with van der Waals surface area (Å²) in [5, 5.41) is 20.0. The summed E-state index contributed by atoms with van der Waals surface area (Å²) in [6.45, 7) is 18.0. The summed E-state index contributed by atoms with van der Waals surface area (Å²) in [6.07, 6.45) is 3.40. The molecule has 2 fully saturated rings. The average molecular weight is 1040 g/mol. The minimum absolute atomic E-state index is 0. The minimum atomic E-state index is -0.399. The van der Waals surface area contributed by atoms with Crippen LogP contribution in [0.5, 0.6) is 0 Å². The number of nitrogens with one attached hydrogen (secondary N) is 2. The largest absolute Gasteiger partial charge is 0.660 e. The van der Waals surface area contributed by atoms with E-state index in [4.69, 9.17) is 11.6 Å². The van der Waals surface area contributed by atoms with E-state index in [-0.39, 0.29) is 32.7 Å². The van der Waals surface area contributed by atoms with Gasteiger partial charge in [0.25, 0.3) is 11.6 Å². The number of thioether (sulfide) groups is 1. The maximum atomic E-state index is 13.0. The second-order valence-electron chi connectivity index (χ2n) is 15.9. The number of allylic oxidation sites excluding steroid dienone is 1. The van der Waals surface area contributed by atoms with Gasteiger partial charge in [0.05, 0.1) is 4.92 Å². The van der Waals surface area contributed by atoms with E-state index in [9.17, 15) is 14.9 Å². The molecular weight excluding hydrogens is 982 g/mol. The molecule has 1 aliphatic carbocycles. The van der Waals surface area contributed by atoms with E-state index < -0.39 is 4.92 Å². The molecule has 7 rings (SSSR count). The van der Waals surface area contributed by atoms with Crippen LogP contribution in [-0.4, -0.2) is 98.4 Å². The Morgan fingerprint density at radius 2 is 1.58 bits per heavy atom. The zero-order valence-electron chi connectivity index (χ0n) is 34.9. The Bertz CT molecular complexity index is 2010. The van der Waals surface area contributed by atoms with Gasteiger partial charge in [0.2, 0.25) is 0 Å². The third-order valence-electron chi connectivity index (χ3n) is 11.1. The van der Waals surface area contributed by atoms with E-state index in [1.807, 2.05) is 66.7 Å². The molecule has 0 aromatic heterocycles. The van der Waals surface area contributed by atoms with Gasteiger partial charge in [-0.2, -0.15) is 0 Å². The molecule has 10 nitrogen and oxygen atoms in total. The number of amides is 1. The van der Waals surface area contributed by atoms with Crippen molar-refractivity contribution in [1.82, 2.24) is 14.5 Å². The van der Waals surface area contributed by atoms with Crippen LogP contribution in [0.15, 0.2) is 112 Å². The van der Waals surface area contributed by atoms with Crippen molar-refractivity contribution in [3.63, 3.8) is 0 Å². The van der Waals surface area contributed by atoms with Crippen LogP contribution in [0, 0.1) is 15.5 Å². The van der Waals surface area contributed by atoms with Crippen molar-refractivity contribution >= 4 is 63.9 Å². The molecule has 2 saturated heterocycles. The molecule has 2 N–H and O–H groups in total. The normalized spacial score (nSPS) is 16.9. The summed E-state index contributed by atoms with van der Waals surface area (Å²) in [5.41, 5.74) is 6.70. The number of hydrogen-bond acceptors (Lipinski definition) is 9. The van der Waals surface area contributed by atoms with Crippen LogP contribution < -0.4 is 14.9 Å². The second-order valence-corrected chi connectivity index (χ2v) is 18.4. The van der Waals surface area contributed by atoms with Crippen molar-refractivity contribution in [3.05, 3.63) is 134 Å². The van der Waals surface area contributed by atoms with Crippen molar-refractivity contribution in [2.75, 3.05) is 88.0 Å². The SMILES string of the molecule is CC1(C)CCC(c2ccc(Cl)cc2)=C(CN2CCN(c3ccc(C(=O)NSc4ccc(NCCSc5ccccc5)c([N+](=O)[O-])c4)cc3)CC2)C1.CCN1CC[N-]CC1.[W]. The molecule has 0 atom stereocenters. The molecule has 0 saturated carbocycles. The van der Waals surface area contributed by atoms with Crippen molar-refractivity contribution in [1.29, 1.82) is 0 Å². The number of carbonyl (C=O) groups excluding carboxylic acids is 1. The number of nitro groups is 1. The third kappa shape index (κ3) is 14.4. The molecule has 60 heavy (non-hydrogen) atoms. The molecule has 2 heterocycles. The van der Waals surface area contributed by atoms with Gasteiger partial charge in [-0.05, 0) is 128 Å². The van der Waals surface area contributed by atoms with Crippen LogP contribution in [-0.2, 0) is 21.1 Å². The summed E-state index contributed by atoms with van der Waals surface area (Å²) in [6, 6.07) is 31.0. The van der Waals surface area contributed by atoms with Gasteiger partial charge in [0, 0.05) is 98.2 Å². The first-order valence-corrected chi connectivity index (χ1v) is 22.8. The fourth-order valence-corrected chi connectivity index (χ4v) is 9.25. The quantitative estimate of drug-likeness (QED) is 0.0420. The number of rotatable bonds is 14. The van der Waals surface area contributed by atoms with Crippen LogP contribution in [0.3, 0.4) is 0 Å². The number of benzene rings is 4. The Kier molecular flexibility index (Phi) is 18.9. The van der Waals surface area contributed by atoms with Crippen molar-refractivity contribution < 1.29 is 30.8 Å². The molecule has 0 radical (unpaired) electrons. The number of carbonyl (C=O) groups is 1. The predicted molar refractivity (Wildman–Crippen MR) is 248 cm³/mol. The number of hydrogen-bond donors (Lipinski definition) is 2. The topological polar surface area (TPSA) is 108 Å². The first-order chi connectivity index (χ1) is 28.6. The van der Waals surface area contributed by atoms with Crippen LogP contribution >= 0.6 is 35.3 Å². The number of nitro benzene ring substituents is 1. The Hall–Kier alpha value is -3.35. The number of nitrogens with zero attached hydrogens (tertiary/aromatic N) is 5. The molecule has 4 aromatic rings. The molecular formula is C46H57ClN7O3S2W-. The number of likely N-dealkylation sites (N-methyl/N-ethyl adjacent to an activating group) is 1. The fourth-order valence-electron chi connectivity index (χ4n) is 7.70. The van der Waals surface area contributed by atoms with Crippen molar-refractivity contribution in [2.24, 2.45) is 5.41 Å². The van der Waals surface area contributed by atoms with E-state index in [1.165, 1.54) is 43.3 Å². The van der Waals surface area contributed by atoms with Gasteiger partial charge in [-0.1, -0.05) is 68.3 Å². The summed E-state index contributed by atoms with van der Waals surface area (Å²) in [4.78, 5) is 33.5. The van der Waals surface area contributed by atoms with Gasteiger partial charge in [-0.3, -0.25) is 24.5 Å². The zero-order chi connectivity index (χ0) is 41.6. The average Bonchev–Trinajstić information content (AvgIpc) is 3.26. The fraction of sp³-hybridized carbons (Fsp3) is 0.413. The van der Waals surface area contributed by atoms with Crippen molar-refractivity contribution in [2.45, 2.75) is 49.8 Å². The van der Waals surface area contributed by atoms with Gasteiger partial charge in [-0.15, -0.1) is 24.9 Å². The number of piperazine rings is 2. The van der Waals surface area contributed by atoms with Crippen LogP contribution in [0.2, 0.25) is 5.02 Å². The first-order valence-electron chi connectivity index (χ1n) is 20.6. The first kappa shape index (κ1) is 47.7. The maximum absolute atomic E-state index is 13.0. The maximum Gasteiger partial charge on any atom is 0.293 e. The van der Waals surface area contributed by atoms with Gasteiger partial charge >= 0.3 is 0 Å². The van der Waals surface area contributed by atoms with E-state index >= 15 is 0 Å². The molecule has 4 aromatic carbocycles. The van der Waals surface area contributed by atoms with Gasteiger partial charge in [0.15, 0.2) is 0 Å². The summed E-state index contributed by atoms with van der Waals surface area (Å²) < 4.78 is 2.84. The van der Waals surface area contributed by atoms with E-state index in [0.717, 1.165) is 92.0 Å². The summed E-state index contributed by atoms with van der Waals surface area (Å²) >= 11 is 8.95. The number of halogens is 1. The van der Waals surface area contributed by atoms with Crippen LogP contribution in [0.25, 0.3) is 10.9 Å². The van der Waals surface area contributed by atoms with E-state index in [2.05, 4.69) is 63.0 Å². The summed E-state index contributed by atoms with van der Waals surface area (Å²) in [7, 11) is 0. The van der Waals surface area contributed by atoms with E-state index in [1.54, 1.807) is 29.5 Å². The zero-order valence-corrected chi connectivity index (χ0v) is 40.2. The van der Waals surface area contributed by atoms with Crippen LogP contribution in [0.1, 0.15) is 56.0 Å². The van der Waals surface area contributed by atoms with E-state index in [0.29, 0.717) is 28.1 Å². The second kappa shape index (κ2) is 23.8. The molecule has 2 aliphatic heterocycles. The Morgan fingerprint density at radius 1 is 0.883 bits per heavy atom. The van der Waals surface area contributed by atoms with Crippen LogP contribution in [0.4, 0.5) is 17.1 Å². The number of anilines is 2. The Morgan fingerprint density at radius 3 is 2.23 bits per heavy atom. The standard InChI is InChI=1S/C40H44ClN5O3S2.C6H13N2.W/c1-40(2)19-18-36(29-8-12-32(41)13-9-29)31(27-40)28-44-21-23-45(24-22-44)33-14-10-30(11-15-33)39(47)43-51-35-16-17-37(38(26-35)46(48)49)42-20-25-50-34-6-4-3-5-7-34;1-2-8-5-3-7-4-6-8;/h3-17,26,42H,18-25,27-28H2,1-2H3,(H,43,47);2-6H2,1H3;/q;-1;. The molecule has 0 unspecified atom stereocenters. The predicted octanol–water partition coefficient (Wildman–Crippen LogP) is 10.4. The molecule has 14 heteroatoms. The molecule has 0 bridgehead atoms. The van der Waals surface area contributed by atoms with Gasteiger partial charge in [-0.25, -0.2) is 0 Å². The van der Waals surface area contributed by atoms with Crippen molar-refractivity contribution in [3.8, 4) is 0 Å². The Labute approximate surface area is 384 Å². The Balaban J connectivity index is 0.000000680. The third-order valence-corrected chi connectivity index (χ3v) is 13.1. The van der Waals surface area contributed by atoms with Gasteiger partial charge < -0.3 is 20.4 Å². The molecule has 320 valence electrons. The molecule has 0 spiro atoms. The van der Waals surface area contributed by atoms with Gasteiger partial charge in [0.1, 0.15) is 5.69 Å². The monoisotopic (exact) mass is 1040 g/mol. The molecule has 3 aliphatic rings. The smallest absolute Gasteiger partial charge is 0.293 e. The minimum Gasteiger partial charge on any atom is -0.660 e. The summed E-state index contributed by atoms with van der Waals surface area (Å²) in [5.74, 6) is 0.520.